The van der Waals surface area contributed by atoms with E-state index in [-0.39, 0.29) is 17.7 Å². The summed E-state index contributed by atoms with van der Waals surface area (Å²) in [6, 6.07) is 4.97. The molecule has 2 fully saturated rings. The van der Waals surface area contributed by atoms with Crippen LogP contribution >= 0.6 is 0 Å². The lowest BCUT2D eigenvalue weighted by atomic mass is 9.88. The Kier molecular flexibility index (Phi) is 5.01. The van der Waals surface area contributed by atoms with E-state index in [9.17, 15) is 14.4 Å². The smallest absolute Gasteiger partial charge is 0.408 e. The number of hydrogen-bond acceptors (Lipinski definition) is 4. The van der Waals surface area contributed by atoms with Gasteiger partial charge in [0, 0.05) is 37.7 Å². The molecule has 2 heterocycles. The van der Waals surface area contributed by atoms with Crippen molar-refractivity contribution in [2.45, 2.75) is 38.5 Å². The van der Waals surface area contributed by atoms with Crippen molar-refractivity contribution in [1.29, 1.82) is 0 Å². The maximum atomic E-state index is 12.9. The summed E-state index contributed by atoms with van der Waals surface area (Å²) >= 11 is 0. The number of amides is 2. The average Bonchev–Trinajstić information content (AvgIpc) is 2.90. The summed E-state index contributed by atoms with van der Waals surface area (Å²) in [6.45, 7) is 2.48. The van der Waals surface area contributed by atoms with Crippen molar-refractivity contribution >= 4 is 22.9 Å². The molecule has 2 amide bonds. The number of carbonyl (C=O) groups excluding carboxylic acids is 2. The number of rotatable bonds is 2. The molecule has 27 heavy (non-hydrogen) atoms. The molecular weight excluding hydrogens is 346 g/mol. The number of H-pyrrole nitrogens is 1. The van der Waals surface area contributed by atoms with Gasteiger partial charge in [-0.25, -0.2) is 4.79 Å². The molecular formula is C20H25N3O4. The Morgan fingerprint density at radius 2 is 1.70 bits per heavy atom. The van der Waals surface area contributed by atoms with Gasteiger partial charge >= 0.3 is 5.76 Å². The standard InChI is InChI=1S/C20H25N3O4/c24-18(14-5-2-1-3-6-14)22-9-4-10-23(12-11-22)19(25)15-7-8-17-16(13-15)21-20(26)27-17/h7-8,13-14H,1-6,9-12H2,(H,21,26). The molecule has 0 bridgehead atoms. The van der Waals surface area contributed by atoms with E-state index in [1.807, 2.05) is 4.90 Å². The molecule has 2 aliphatic rings. The number of benzene rings is 1. The van der Waals surface area contributed by atoms with Gasteiger partial charge in [-0.05, 0) is 37.5 Å². The predicted octanol–water partition coefficient (Wildman–Crippen LogP) is 2.38. The van der Waals surface area contributed by atoms with Crippen LogP contribution in [-0.2, 0) is 4.79 Å². The summed E-state index contributed by atoms with van der Waals surface area (Å²) in [5, 5.41) is 0. The van der Waals surface area contributed by atoms with Gasteiger partial charge in [0.05, 0.1) is 5.52 Å². The van der Waals surface area contributed by atoms with Crippen LogP contribution in [0.15, 0.2) is 27.4 Å². The molecule has 2 aromatic rings. The number of hydrogen-bond donors (Lipinski definition) is 1. The fourth-order valence-electron chi connectivity index (χ4n) is 4.22. The van der Waals surface area contributed by atoms with E-state index in [0.29, 0.717) is 42.8 Å². The van der Waals surface area contributed by atoms with E-state index in [2.05, 4.69) is 4.98 Å². The first kappa shape index (κ1) is 17.8. The fourth-order valence-corrected chi connectivity index (χ4v) is 4.22. The molecule has 7 heteroatoms. The van der Waals surface area contributed by atoms with Gasteiger partial charge in [-0.2, -0.15) is 0 Å². The normalized spacial score (nSPS) is 19.3. The molecule has 1 saturated heterocycles. The first-order chi connectivity index (χ1) is 13.1. The average molecular weight is 371 g/mol. The lowest BCUT2D eigenvalue weighted by Gasteiger charge is -2.28. The van der Waals surface area contributed by atoms with Gasteiger partial charge in [-0.15, -0.1) is 0 Å². The van der Waals surface area contributed by atoms with Crippen LogP contribution in [0.5, 0.6) is 0 Å². The molecule has 1 aromatic heterocycles. The van der Waals surface area contributed by atoms with Gasteiger partial charge in [0.15, 0.2) is 5.58 Å². The Balaban J connectivity index is 1.42. The maximum Gasteiger partial charge on any atom is 0.417 e. The van der Waals surface area contributed by atoms with E-state index in [4.69, 9.17) is 4.42 Å². The zero-order valence-corrected chi connectivity index (χ0v) is 15.4. The number of nitrogens with one attached hydrogen (secondary N) is 1. The van der Waals surface area contributed by atoms with E-state index in [1.54, 1.807) is 23.1 Å². The monoisotopic (exact) mass is 371 g/mol. The summed E-state index contributed by atoms with van der Waals surface area (Å²) in [7, 11) is 0. The van der Waals surface area contributed by atoms with Gasteiger partial charge in [-0.3, -0.25) is 14.6 Å². The molecule has 1 aliphatic carbocycles. The summed E-state index contributed by atoms with van der Waals surface area (Å²) < 4.78 is 4.99. The van der Waals surface area contributed by atoms with Crippen LogP contribution in [-0.4, -0.2) is 52.8 Å². The van der Waals surface area contributed by atoms with Crippen LogP contribution in [0.1, 0.15) is 48.9 Å². The molecule has 144 valence electrons. The van der Waals surface area contributed by atoms with Gasteiger partial charge in [0.1, 0.15) is 0 Å². The third kappa shape index (κ3) is 3.77. The number of aromatic nitrogens is 1. The molecule has 1 N–H and O–H groups in total. The zero-order chi connectivity index (χ0) is 18.8. The first-order valence-corrected chi connectivity index (χ1v) is 9.83. The van der Waals surface area contributed by atoms with E-state index < -0.39 is 5.76 Å². The Hall–Kier alpha value is -2.57. The van der Waals surface area contributed by atoms with Gasteiger partial charge < -0.3 is 14.2 Å². The minimum atomic E-state index is -0.527. The molecule has 1 aromatic carbocycles. The summed E-state index contributed by atoms with van der Waals surface area (Å²) in [5.41, 5.74) is 1.48. The van der Waals surface area contributed by atoms with E-state index in [0.717, 1.165) is 32.1 Å². The van der Waals surface area contributed by atoms with Gasteiger partial charge in [0.2, 0.25) is 5.91 Å². The molecule has 7 nitrogen and oxygen atoms in total. The second-order valence-corrected chi connectivity index (χ2v) is 7.53. The summed E-state index contributed by atoms with van der Waals surface area (Å²) in [5.74, 6) is -0.171. The van der Waals surface area contributed by atoms with Crippen LogP contribution in [0.4, 0.5) is 0 Å². The third-order valence-electron chi connectivity index (χ3n) is 5.72. The van der Waals surface area contributed by atoms with Crippen LogP contribution < -0.4 is 5.76 Å². The van der Waals surface area contributed by atoms with Crippen LogP contribution in [0.2, 0.25) is 0 Å². The topological polar surface area (TPSA) is 86.6 Å². The number of carbonyl (C=O) groups is 2. The van der Waals surface area contributed by atoms with E-state index in [1.165, 1.54) is 6.42 Å². The number of nitrogens with zero attached hydrogens (tertiary/aromatic N) is 2. The van der Waals surface area contributed by atoms with Crippen LogP contribution in [0.25, 0.3) is 11.1 Å². The zero-order valence-electron chi connectivity index (χ0n) is 15.4. The largest absolute Gasteiger partial charge is 0.417 e. The predicted molar refractivity (Wildman–Crippen MR) is 101 cm³/mol. The minimum absolute atomic E-state index is 0.0779. The van der Waals surface area contributed by atoms with Gasteiger partial charge in [0.25, 0.3) is 5.91 Å². The minimum Gasteiger partial charge on any atom is -0.408 e. The SMILES string of the molecule is O=C(c1ccc2oc(=O)[nH]c2c1)N1CCCN(C(=O)C2CCCCC2)CC1. The molecule has 1 aliphatic heterocycles. The van der Waals surface area contributed by atoms with Gasteiger partial charge in [-0.1, -0.05) is 19.3 Å². The molecule has 1 saturated carbocycles. The van der Waals surface area contributed by atoms with Crippen LogP contribution in [0, 0.1) is 5.92 Å². The summed E-state index contributed by atoms with van der Waals surface area (Å²) in [4.78, 5) is 43.3. The first-order valence-electron chi connectivity index (χ1n) is 9.83. The van der Waals surface area contributed by atoms with Crippen molar-refractivity contribution in [1.82, 2.24) is 14.8 Å². The summed E-state index contributed by atoms with van der Waals surface area (Å²) in [6.07, 6.45) is 6.32. The Bertz CT molecular complexity index is 894. The van der Waals surface area contributed by atoms with Crippen molar-refractivity contribution in [3.63, 3.8) is 0 Å². The highest BCUT2D eigenvalue weighted by atomic mass is 16.4. The highest BCUT2D eigenvalue weighted by Crippen LogP contribution is 2.26. The van der Waals surface area contributed by atoms with Crippen molar-refractivity contribution in [3.8, 4) is 0 Å². The quantitative estimate of drug-likeness (QED) is 0.878. The highest BCUT2D eigenvalue weighted by Gasteiger charge is 2.28. The molecule has 0 radical (unpaired) electrons. The third-order valence-corrected chi connectivity index (χ3v) is 5.72. The molecule has 4 rings (SSSR count). The Labute approximate surface area is 157 Å². The fraction of sp³-hybridized carbons (Fsp3) is 0.550. The van der Waals surface area contributed by atoms with Crippen molar-refractivity contribution in [2.24, 2.45) is 5.92 Å². The lowest BCUT2D eigenvalue weighted by Crippen LogP contribution is -2.40. The number of aromatic amines is 1. The maximum absolute atomic E-state index is 12.9. The van der Waals surface area contributed by atoms with E-state index >= 15 is 0 Å². The van der Waals surface area contributed by atoms with Crippen molar-refractivity contribution < 1.29 is 14.0 Å². The van der Waals surface area contributed by atoms with Crippen molar-refractivity contribution in [2.75, 3.05) is 26.2 Å². The molecule has 0 unspecified atom stereocenters. The lowest BCUT2D eigenvalue weighted by molar-refractivity contribution is -0.136. The molecule has 0 atom stereocenters. The highest BCUT2D eigenvalue weighted by molar-refractivity contribution is 5.97. The molecule has 0 spiro atoms. The second kappa shape index (κ2) is 7.58. The number of oxazole rings is 1. The van der Waals surface area contributed by atoms with Crippen molar-refractivity contribution in [3.05, 3.63) is 34.3 Å². The Morgan fingerprint density at radius 1 is 0.963 bits per heavy atom. The van der Waals surface area contributed by atoms with Crippen LogP contribution in [0.3, 0.4) is 0 Å². The Morgan fingerprint density at radius 3 is 2.52 bits per heavy atom. The second-order valence-electron chi connectivity index (χ2n) is 7.53. The number of fused-ring (bicyclic) bond motifs is 1.